The standard InChI is InChI=1S/C12H12ClFN2O/c1-7-10(12(13)16(2)15-7)11(17)8-5-3-4-6-9(8)14/h3-6,11,17H,1-2H3. The predicted octanol–water partition coefficient (Wildman–Crippen LogP) is 2.60. The Kier molecular flexibility index (Phi) is 3.17. The van der Waals surface area contributed by atoms with E-state index in [4.69, 9.17) is 11.6 Å². The molecule has 1 N–H and O–H groups in total. The highest BCUT2D eigenvalue weighted by Crippen LogP contribution is 2.31. The van der Waals surface area contributed by atoms with Gasteiger partial charge >= 0.3 is 0 Å². The van der Waals surface area contributed by atoms with Crippen LogP contribution in [0.1, 0.15) is 22.9 Å². The molecule has 3 nitrogen and oxygen atoms in total. The Labute approximate surface area is 103 Å². The van der Waals surface area contributed by atoms with Gasteiger partial charge < -0.3 is 5.11 Å². The average Bonchev–Trinajstić information content (AvgIpc) is 2.53. The zero-order chi connectivity index (χ0) is 12.6. The summed E-state index contributed by atoms with van der Waals surface area (Å²) in [4.78, 5) is 0. The van der Waals surface area contributed by atoms with Crippen LogP contribution in [0, 0.1) is 12.7 Å². The highest BCUT2D eigenvalue weighted by molar-refractivity contribution is 6.30. The molecule has 0 saturated carbocycles. The minimum atomic E-state index is -1.10. The van der Waals surface area contributed by atoms with Crippen LogP contribution in [-0.4, -0.2) is 14.9 Å². The minimum Gasteiger partial charge on any atom is -0.383 e. The monoisotopic (exact) mass is 254 g/mol. The number of benzene rings is 1. The van der Waals surface area contributed by atoms with E-state index >= 15 is 0 Å². The maximum Gasteiger partial charge on any atom is 0.133 e. The fraction of sp³-hybridized carbons (Fsp3) is 0.250. The Balaban J connectivity index is 2.51. The van der Waals surface area contributed by atoms with Gasteiger partial charge in [-0.15, -0.1) is 0 Å². The van der Waals surface area contributed by atoms with E-state index in [2.05, 4.69) is 5.10 Å². The lowest BCUT2D eigenvalue weighted by Gasteiger charge is -2.11. The molecule has 0 aliphatic carbocycles. The smallest absolute Gasteiger partial charge is 0.133 e. The van der Waals surface area contributed by atoms with E-state index in [-0.39, 0.29) is 5.56 Å². The van der Waals surface area contributed by atoms with Crippen LogP contribution >= 0.6 is 11.6 Å². The quantitative estimate of drug-likeness (QED) is 0.895. The van der Waals surface area contributed by atoms with Crippen molar-refractivity contribution in [1.82, 2.24) is 9.78 Å². The van der Waals surface area contributed by atoms with E-state index in [9.17, 15) is 9.50 Å². The molecule has 2 rings (SSSR count). The van der Waals surface area contributed by atoms with E-state index in [1.807, 2.05) is 0 Å². The zero-order valence-corrected chi connectivity index (χ0v) is 10.2. The molecule has 0 spiro atoms. The molecule has 1 aromatic carbocycles. The summed E-state index contributed by atoms with van der Waals surface area (Å²) in [7, 11) is 1.67. The molecule has 0 radical (unpaired) electrons. The maximum atomic E-state index is 13.6. The Morgan fingerprint density at radius 2 is 2.06 bits per heavy atom. The molecule has 0 amide bonds. The average molecular weight is 255 g/mol. The fourth-order valence-corrected chi connectivity index (χ4v) is 2.09. The lowest BCUT2D eigenvalue weighted by molar-refractivity contribution is 0.214. The van der Waals surface area contributed by atoms with Crippen molar-refractivity contribution < 1.29 is 9.50 Å². The van der Waals surface area contributed by atoms with Crippen molar-refractivity contribution >= 4 is 11.6 Å². The van der Waals surface area contributed by atoms with Crippen LogP contribution in [0.15, 0.2) is 24.3 Å². The van der Waals surface area contributed by atoms with Crippen molar-refractivity contribution in [2.75, 3.05) is 0 Å². The molecule has 0 aliphatic rings. The molecule has 1 heterocycles. The van der Waals surface area contributed by atoms with Crippen molar-refractivity contribution in [2.24, 2.45) is 7.05 Å². The second-order valence-electron chi connectivity index (χ2n) is 3.84. The number of nitrogens with zero attached hydrogens (tertiary/aromatic N) is 2. The van der Waals surface area contributed by atoms with Gasteiger partial charge in [0.25, 0.3) is 0 Å². The van der Waals surface area contributed by atoms with Gasteiger partial charge in [0.2, 0.25) is 0 Å². The molecule has 0 saturated heterocycles. The molecule has 0 bridgehead atoms. The summed E-state index contributed by atoms with van der Waals surface area (Å²) in [5.41, 5.74) is 1.23. The summed E-state index contributed by atoms with van der Waals surface area (Å²) in [5.74, 6) is -0.459. The molecular weight excluding hydrogens is 243 g/mol. The molecule has 1 unspecified atom stereocenters. The molecule has 0 fully saturated rings. The van der Waals surface area contributed by atoms with Crippen LogP contribution in [0.25, 0.3) is 0 Å². The lowest BCUT2D eigenvalue weighted by atomic mass is 10.0. The number of aromatic nitrogens is 2. The third kappa shape index (κ3) is 2.06. The van der Waals surface area contributed by atoms with Crippen LogP contribution in [0.4, 0.5) is 4.39 Å². The van der Waals surface area contributed by atoms with Gasteiger partial charge in [-0.25, -0.2) is 4.39 Å². The Bertz CT molecular complexity index is 553. The second kappa shape index (κ2) is 4.47. The predicted molar refractivity (Wildman–Crippen MR) is 63.4 cm³/mol. The van der Waals surface area contributed by atoms with E-state index in [1.54, 1.807) is 26.1 Å². The largest absolute Gasteiger partial charge is 0.383 e. The highest BCUT2D eigenvalue weighted by Gasteiger charge is 2.22. The normalized spacial score (nSPS) is 12.8. The van der Waals surface area contributed by atoms with Gasteiger partial charge in [0, 0.05) is 18.2 Å². The molecule has 2 aromatic rings. The topological polar surface area (TPSA) is 38.0 Å². The van der Waals surface area contributed by atoms with E-state index in [0.29, 0.717) is 16.4 Å². The fourth-order valence-electron chi connectivity index (χ4n) is 1.81. The first-order chi connectivity index (χ1) is 8.02. The first kappa shape index (κ1) is 12.1. The second-order valence-corrected chi connectivity index (χ2v) is 4.20. The van der Waals surface area contributed by atoms with Crippen molar-refractivity contribution in [3.63, 3.8) is 0 Å². The van der Waals surface area contributed by atoms with Gasteiger partial charge in [-0.3, -0.25) is 4.68 Å². The maximum absolute atomic E-state index is 13.6. The summed E-state index contributed by atoms with van der Waals surface area (Å²) >= 11 is 6.03. The van der Waals surface area contributed by atoms with E-state index in [0.717, 1.165) is 0 Å². The van der Waals surface area contributed by atoms with Gasteiger partial charge in [-0.05, 0) is 13.0 Å². The molecule has 90 valence electrons. The molecular formula is C12H12ClFN2O. The molecule has 1 aromatic heterocycles. The van der Waals surface area contributed by atoms with Crippen molar-refractivity contribution in [2.45, 2.75) is 13.0 Å². The number of hydrogen-bond acceptors (Lipinski definition) is 2. The third-order valence-corrected chi connectivity index (χ3v) is 3.12. The number of aliphatic hydroxyl groups excluding tert-OH is 1. The Morgan fingerprint density at radius 1 is 1.41 bits per heavy atom. The third-order valence-electron chi connectivity index (χ3n) is 2.67. The van der Waals surface area contributed by atoms with E-state index in [1.165, 1.54) is 16.8 Å². The highest BCUT2D eigenvalue weighted by atomic mass is 35.5. The molecule has 1 atom stereocenters. The van der Waals surface area contributed by atoms with Crippen LogP contribution in [0.3, 0.4) is 0 Å². The first-order valence-electron chi connectivity index (χ1n) is 5.14. The molecule has 5 heteroatoms. The molecule has 0 aliphatic heterocycles. The number of aryl methyl sites for hydroxylation is 2. The minimum absolute atomic E-state index is 0.200. The van der Waals surface area contributed by atoms with Gasteiger partial charge in [-0.2, -0.15) is 5.10 Å². The summed E-state index contributed by atoms with van der Waals surface area (Å²) in [6, 6.07) is 6.07. The van der Waals surface area contributed by atoms with Crippen LogP contribution in [0.2, 0.25) is 5.15 Å². The van der Waals surface area contributed by atoms with Crippen LogP contribution < -0.4 is 0 Å². The number of aliphatic hydroxyl groups is 1. The lowest BCUT2D eigenvalue weighted by Crippen LogP contribution is -2.03. The number of rotatable bonds is 2. The van der Waals surface area contributed by atoms with Crippen molar-refractivity contribution in [1.29, 1.82) is 0 Å². The van der Waals surface area contributed by atoms with Crippen LogP contribution in [-0.2, 0) is 7.05 Å². The summed E-state index contributed by atoms with van der Waals surface area (Å²) in [6.07, 6.45) is -1.10. The Hall–Kier alpha value is -1.39. The molecule has 17 heavy (non-hydrogen) atoms. The van der Waals surface area contributed by atoms with E-state index < -0.39 is 11.9 Å². The SMILES string of the molecule is Cc1nn(C)c(Cl)c1C(O)c1ccccc1F. The zero-order valence-electron chi connectivity index (χ0n) is 9.48. The van der Waals surface area contributed by atoms with Crippen molar-refractivity contribution in [3.05, 3.63) is 52.1 Å². The summed E-state index contributed by atoms with van der Waals surface area (Å²) < 4.78 is 15.0. The van der Waals surface area contributed by atoms with Gasteiger partial charge in [0.05, 0.1) is 5.69 Å². The van der Waals surface area contributed by atoms with Gasteiger partial charge in [0.15, 0.2) is 0 Å². The summed E-state index contributed by atoms with van der Waals surface area (Å²) in [5, 5.41) is 14.6. The summed E-state index contributed by atoms with van der Waals surface area (Å²) in [6.45, 7) is 1.73. The Morgan fingerprint density at radius 3 is 2.59 bits per heavy atom. The first-order valence-corrected chi connectivity index (χ1v) is 5.51. The van der Waals surface area contributed by atoms with Crippen LogP contribution in [0.5, 0.6) is 0 Å². The van der Waals surface area contributed by atoms with Crippen molar-refractivity contribution in [3.8, 4) is 0 Å². The van der Waals surface area contributed by atoms with Gasteiger partial charge in [0.1, 0.15) is 17.1 Å². The number of hydrogen-bond donors (Lipinski definition) is 1. The number of halogens is 2. The van der Waals surface area contributed by atoms with Gasteiger partial charge in [-0.1, -0.05) is 29.8 Å².